The molecule has 1 aromatic rings. The predicted octanol–water partition coefficient (Wildman–Crippen LogP) is 0.508. The van der Waals surface area contributed by atoms with Gasteiger partial charge in [0.25, 0.3) is 0 Å². The first-order valence-corrected chi connectivity index (χ1v) is 4.32. The normalized spacial score (nSPS) is 9.73. The second-order valence-electron chi connectivity index (χ2n) is 2.01. The summed E-state index contributed by atoms with van der Waals surface area (Å²) in [6.45, 7) is 0. The Hall–Kier alpha value is -0.810. The average Bonchev–Trinajstić information content (AvgIpc) is 2.05. The maximum atomic E-state index is 5.47. The average molecular weight is 170 g/mol. The van der Waals surface area contributed by atoms with Crippen LogP contribution in [0, 0.1) is 0 Å². The number of nitrogens with zero attached hydrogens (tertiary/aromatic N) is 3. The van der Waals surface area contributed by atoms with E-state index in [2.05, 4.69) is 9.97 Å². The number of hydrazine groups is 1. The van der Waals surface area contributed by atoms with E-state index in [0.29, 0.717) is 0 Å². The molecule has 0 aromatic carbocycles. The van der Waals surface area contributed by atoms with Crippen molar-refractivity contribution in [3.63, 3.8) is 0 Å². The number of hydrogen-bond acceptors (Lipinski definition) is 5. The van der Waals surface area contributed by atoms with E-state index in [1.165, 1.54) is 16.8 Å². The molecule has 1 heterocycles. The molecule has 11 heavy (non-hydrogen) atoms. The first-order valence-electron chi connectivity index (χ1n) is 3.09. The van der Waals surface area contributed by atoms with Crippen LogP contribution in [0.1, 0.15) is 0 Å². The summed E-state index contributed by atoms with van der Waals surface area (Å²) < 4.78 is 0. The van der Waals surface area contributed by atoms with Gasteiger partial charge in [0, 0.05) is 19.3 Å². The highest BCUT2D eigenvalue weighted by molar-refractivity contribution is 7.98. The van der Waals surface area contributed by atoms with Crippen molar-refractivity contribution in [1.82, 2.24) is 9.97 Å². The number of hydrogen-bond donors (Lipinski definition) is 1. The van der Waals surface area contributed by atoms with Crippen molar-refractivity contribution in [3.8, 4) is 0 Å². The minimum Gasteiger partial charge on any atom is -0.298 e. The third-order valence-corrected chi connectivity index (χ3v) is 1.72. The van der Waals surface area contributed by atoms with Gasteiger partial charge in [-0.25, -0.2) is 15.8 Å². The van der Waals surface area contributed by atoms with E-state index in [9.17, 15) is 0 Å². The van der Waals surface area contributed by atoms with Crippen molar-refractivity contribution in [2.75, 3.05) is 18.3 Å². The van der Waals surface area contributed by atoms with E-state index < -0.39 is 0 Å². The maximum Gasteiger partial charge on any atom is 0.189 e. The zero-order chi connectivity index (χ0) is 8.27. The summed E-state index contributed by atoms with van der Waals surface area (Å²) in [5, 5.41) is 2.20. The van der Waals surface area contributed by atoms with Crippen LogP contribution in [0.5, 0.6) is 0 Å². The van der Waals surface area contributed by atoms with Crippen molar-refractivity contribution >= 4 is 17.6 Å². The van der Waals surface area contributed by atoms with Gasteiger partial charge in [-0.1, -0.05) is 11.8 Å². The number of nitrogens with two attached hydrogens (primary N) is 1. The zero-order valence-electron chi connectivity index (χ0n) is 6.48. The molecule has 0 radical (unpaired) electrons. The Morgan fingerprint density at radius 1 is 1.64 bits per heavy atom. The first kappa shape index (κ1) is 8.29. The van der Waals surface area contributed by atoms with Crippen LogP contribution in [0.15, 0.2) is 17.4 Å². The fourth-order valence-corrected chi connectivity index (χ4v) is 0.978. The number of rotatable bonds is 2. The van der Waals surface area contributed by atoms with Gasteiger partial charge in [-0.05, 0) is 6.26 Å². The minimum absolute atomic E-state index is 0.726. The number of anilines is 1. The van der Waals surface area contributed by atoms with Gasteiger partial charge in [0.1, 0.15) is 5.82 Å². The lowest BCUT2D eigenvalue weighted by Crippen LogP contribution is -2.26. The monoisotopic (exact) mass is 170 g/mol. The predicted molar refractivity (Wildman–Crippen MR) is 46.4 cm³/mol. The molecular formula is C6H10N4S. The SMILES string of the molecule is CSc1nccc(N(C)N)n1. The second kappa shape index (κ2) is 3.54. The van der Waals surface area contributed by atoms with Gasteiger partial charge in [0.15, 0.2) is 5.16 Å². The summed E-state index contributed by atoms with van der Waals surface area (Å²) in [5.41, 5.74) is 0. The quantitative estimate of drug-likeness (QED) is 0.303. The topological polar surface area (TPSA) is 55.0 Å². The van der Waals surface area contributed by atoms with Crippen LogP contribution in [0.4, 0.5) is 5.82 Å². The Morgan fingerprint density at radius 3 is 2.91 bits per heavy atom. The summed E-state index contributed by atoms with van der Waals surface area (Å²) in [6.07, 6.45) is 3.62. The molecule has 0 aliphatic carbocycles. The molecule has 0 aliphatic rings. The molecule has 1 aromatic heterocycles. The molecule has 0 unspecified atom stereocenters. The van der Waals surface area contributed by atoms with Gasteiger partial charge >= 0.3 is 0 Å². The minimum atomic E-state index is 0.726. The fraction of sp³-hybridized carbons (Fsp3) is 0.333. The molecule has 4 nitrogen and oxygen atoms in total. The molecule has 0 spiro atoms. The summed E-state index contributed by atoms with van der Waals surface area (Å²) >= 11 is 1.50. The molecule has 1 rings (SSSR count). The van der Waals surface area contributed by atoms with Crippen LogP contribution in [-0.2, 0) is 0 Å². The zero-order valence-corrected chi connectivity index (χ0v) is 7.30. The van der Waals surface area contributed by atoms with Crippen LogP contribution in [0.25, 0.3) is 0 Å². The van der Waals surface area contributed by atoms with Crippen LogP contribution in [-0.4, -0.2) is 23.3 Å². The molecule has 0 aliphatic heterocycles. The lowest BCUT2D eigenvalue weighted by molar-refractivity contribution is 0.898. The van der Waals surface area contributed by atoms with Gasteiger partial charge in [-0.15, -0.1) is 0 Å². The van der Waals surface area contributed by atoms with Crippen molar-refractivity contribution in [1.29, 1.82) is 0 Å². The summed E-state index contributed by atoms with van der Waals surface area (Å²) in [6, 6.07) is 1.76. The van der Waals surface area contributed by atoms with Gasteiger partial charge in [-0.3, -0.25) is 5.01 Å². The Morgan fingerprint density at radius 2 is 2.36 bits per heavy atom. The lowest BCUT2D eigenvalue weighted by Gasteiger charge is -2.09. The standard InChI is InChI=1S/C6H10N4S/c1-10(7)5-3-4-8-6(9-5)11-2/h3-4H,7H2,1-2H3. The van der Waals surface area contributed by atoms with Crippen LogP contribution < -0.4 is 10.9 Å². The molecule has 2 N–H and O–H groups in total. The third kappa shape index (κ3) is 2.06. The number of aromatic nitrogens is 2. The first-order chi connectivity index (χ1) is 5.24. The molecule has 0 atom stereocenters. The molecule has 0 bridgehead atoms. The highest BCUT2D eigenvalue weighted by Crippen LogP contribution is 2.11. The van der Waals surface area contributed by atoms with Crippen LogP contribution in [0.3, 0.4) is 0 Å². The van der Waals surface area contributed by atoms with Crippen molar-refractivity contribution in [3.05, 3.63) is 12.3 Å². The Balaban J connectivity index is 2.91. The summed E-state index contributed by atoms with van der Waals surface area (Å²) in [4.78, 5) is 8.15. The van der Waals surface area contributed by atoms with Gasteiger partial charge in [0.2, 0.25) is 0 Å². The molecule has 0 saturated heterocycles. The third-order valence-electron chi connectivity index (χ3n) is 1.16. The van der Waals surface area contributed by atoms with Crippen LogP contribution >= 0.6 is 11.8 Å². The highest BCUT2D eigenvalue weighted by Gasteiger charge is 1.98. The molecule has 5 heteroatoms. The molecule has 0 saturated carbocycles. The Kier molecular flexibility index (Phi) is 2.67. The molecular weight excluding hydrogens is 160 g/mol. The largest absolute Gasteiger partial charge is 0.298 e. The van der Waals surface area contributed by atoms with Gasteiger partial charge in [0.05, 0.1) is 0 Å². The fourth-order valence-electron chi connectivity index (χ4n) is 0.627. The van der Waals surface area contributed by atoms with Gasteiger partial charge < -0.3 is 0 Å². The second-order valence-corrected chi connectivity index (χ2v) is 2.79. The van der Waals surface area contributed by atoms with Crippen molar-refractivity contribution in [2.24, 2.45) is 5.84 Å². The van der Waals surface area contributed by atoms with Crippen LogP contribution in [0.2, 0.25) is 0 Å². The number of thioether (sulfide) groups is 1. The summed E-state index contributed by atoms with van der Waals surface area (Å²) in [5.74, 6) is 6.20. The van der Waals surface area contributed by atoms with Crippen molar-refractivity contribution < 1.29 is 0 Å². The molecule has 60 valence electrons. The van der Waals surface area contributed by atoms with Crippen molar-refractivity contribution in [2.45, 2.75) is 5.16 Å². The van der Waals surface area contributed by atoms with E-state index >= 15 is 0 Å². The summed E-state index contributed by atoms with van der Waals surface area (Å²) in [7, 11) is 1.74. The van der Waals surface area contributed by atoms with Gasteiger partial charge in [-0.2, -0.15) is 0 Å². The molecule has 0 amide bonds. The Labute approximate surface area is 69.8 Å². The lowest BCUT2D eigenvalue weighted by atomic mass is 10.6. The Bertz CT molecular complexity index is 238. The van der Waals surface area contributed by atoms with E-state index in [1.807, 2.05) is 6.26 Å². The van der Waals surface area contributed by atoms with E-state index in [1.54, 1.807) is 19.3 Å². The maximum absolute atomic E-state index is 5.47. The van der Waals surface area contributed by atoms with E-state index in [-0.39, 0.29) is 0 Å². The molecule has 0 fully saturated rings. The van der Waals surface area contributed by atoms with E-state index in [0.717, 1.165) is 11.0 Å². The highest BCUT2D eigenvalue weighted by atomic mass is 32.2. The smallest absolute Gasteiger partial charge is 0.189 e. The van der Waals surface area contributed by atoms with E-state index in [4.69, 9.17) is 5.84 Å².